The van der Waals surface area contributed by atoms with Crippen molar-refractivity contribution in [2.24, 2.45) is 0 Å². The molecule has 0 spiro atoms. The van der Waals surface area contributed by atoms with Crippen LogP contribution in [-0.4, -0.2) is 34.0 Å². The monoisotopic (exact) mass is 384 g/mol. The fraction of sp³-hybridized carbons (Fsp3) is 0.300. The number of hydroxylamine groups is 1. The number of anilines is 1. The Morgan fingerprint density at radius 2 is 1.79 bits per heavy atom. The molecule has 0 aliphatic heterocycles. The summed E-state index contributed by atoms with van der Waals surface area (Å²) in [6.45, 7) is 0. The summed E-state index contributed by atoms with van der Waals surface area (Å²) in [6.07, 6.45) is 5.54. The Bertz CT molecular complexity index is 768. The number of carbonyl (C=O) groups is 3. The van der Waals surface area contributed by atoms with Crippen molar-refractivity contribution in [3.05, 3.63) is 60.4 Å². The van der Waals surface area contributed by atoms with Crippen LogP contribution in [0.3, 0.4) is 0 Å². The van der Waals surface area contributed by atoms with Gasteiger partial charge in [-0.3, -0.25) is 24.6 Å². The molecule has 0 fully saturated rings. The Balaban J connectivity index is 1.95. The number of pyridine rings is 1. The Labute approximate surface area is 163 Å². The highest BCUT2D eigenvalue weighted by Gasteiger charge is 2.21. The van der Waals surface area contributed by atoms with E-state index in [1.807, 2.05) is 18.2 Å². The third-order valence-electron chi connectivity index (χ3n) is 4.11. The maximum Gasteiger partial charge on any atom is 0.253 e. The average Bonchev–Trinajstić information content (AvgIpc) is 2.73. The standard InChI is InChI=1S/C20H24N4O4/c25-18(24-28)12-6-2-5-11-17(20(27)22-16-9-3-1-4-10-16)23-19(26)15-8-7-13-21-14-15/h1,3-4,7-10,13-14,17,28H,2,5-6,11-12H2,(H,22,27)(H,23,26)(H,24,25). The van der Waals surface area contributed by atoms with Crippen molar-refractivity contribution in [2.45, 2.75) is 38.1 Å². The largest absolute Gasteiger partial charge is 0.340 e. The van der Waals surface area contributed by atoms with Gasteiger partial charge >= 0.3 is 0 Å². The van der Waals surface area contributed by atoms with E-state index < -0.39 is 11.9 Å². The molecular weight excluding hydrogens is 360 g/mol. The van der Waals surface area contributed by atoms with Gasteiger partial charge in [-0.25, -0.2) is 5.48 Å². The molecule has 0 saturated carbocycles. The number of rotatable bonds is 10. The molecule has 4 N–H and O–H groups in total. The van der Waals surface area contributed by atoms with Gasteiger partial charge in [-0.1, -0.05) is 31.0 Å². The first kappa shape index (κ1) is 21.0. The molecule has 8 nitrogen and oxygen atoms in total. The first-order chi connectivity index (χ1) is 13.6. The van der Waals surface area contributed by atoms with Crippen molar-refractivity contribution in [1.82, 2.24) is 15.8 Å². The van der Waals surface area contributed by atoms with Crippen LogP contribution >= 0.6 is 0 Å². The zero-order valence-corrected chi connectivity index (χ0v) is 15.4. The van der Waals surface area contributed by atoms with Gasteiger partial charge in [0, 0.05) is 24.5 Å². The number of nitrogens with zero attached hydrogens (tertiary/aromatic N) is 1. The van der Waals surface area contributed by atoms with E-state index in [9.17, 15) is 14.4 Å². The fourth-order valence-electron chi connectivity index (χ4n) is 2.63. The van der Waals surface area contributed by atoms with Gasteiger partial charge < -0.3 is 10.6 Å². The number of amides is 3. The van der Waals surface area contributed by atoms with Crippen molar-refractivity contribution in [3.8, 4) is 0 Å². The average molecular weight is 384 g/mol. The quantitative estimate of drug-likeness (QED) is 0.284. The first-order valence-electron chi connectivity index (χ1n) is 9.10. The lowest BCUT2D eigenvalue weighted by Gasteiger charge is -2.18. The molecule has 0 bridgehead atoms. The van der Waals surface area contributed by atoms with E-state index in [1.165, 1.54) is 6.20 Å². The lowest BCUT2D eigenvalue weighted by atomic mass is 10.1. The SMILES string of the molecule is O=C(CCCCCC(NC(=O)c1cccnc1)C(=O)Nc1ccccc1)NO. The minimum atomic E-state index is -0.723. The fourth-order valence-corrected chi connectivity index (χ4v) is 2.63. The number of hydrogen-bond acceptors (Lipinski definition) is 5. The number of unbranched alkanes of at least 4 members (excludes halogenated alkanes) is 2. The Kier molecular flexibility index (Phi) is 8.61. The zero-order chi connectivity index (χ0) is 20.2. The predicted octanol–water partition coefficient (Wildman–Crippen LogP) is 2.27. The van der Waals surface area contributed by atoms with Gasteiger partial charge in [-0.05, 0) is 37.1 Å². The van der Waals surface area contributed by atoms with E-state index in [-0.39, 0.29) is 18.2 Å². The molecule has 1 unspecified atom stereocenters. The molecule has 28 heavy (non-hydrogen) atoms. The number of nitrogens with one attached hydrogen (secondary N) is 3. The van der Waals surface area contributed by atoms with E-state index in [0.717, 1.165) is 0 Å². The summed E-state index contributed by atoms with van der Waals surface area (Å²) in [4.78, 5) is 40.0. The van der Waals surface area contributed by atoms with Crippen molar-refractivity contribution < 1.29 is 19.6 Å². The molecule has 2 rings (SSSR count). The molecule has 1 heterocycles. The number of aromatic nitrogens is 1. The van der Waals surface area contributed by atoms with Crippen molar-refractivity contribution >= 4 is 23.4 Å². The number of hydrogen-bond donors (Lipinski definition) is 4. The maximum absolute atomic E-state index is 12.7. The van der Waals surface area contributed by atoms with E-state index in [1.54, 1.807) is 35.9 Å². The van der Waals surface area contributed by atoms with Gasteiger partial charge in [0.15, 0.2) is 0 Å². The lowest BCUT2D eigenvalue weighted by Crippen LogP contribution is -2.43. The zero-order valence-electron chi connectivity index (χ0n) is 15.4. The Hall–Kier alpha value is -3.26. The van der Waals surface area contributed by atoms with Crippen LogP contribution in [0.2, 0.25) is 0 Å². The molecule has 148 valence electrons. The molecule has 2 aromatic rings. The van der Waals surface area contributed by atoms with Crippen LogP contribution < -0.4 is 16.1 Å². The van der Waals surface area contributed by atoms with Crippen molar-refractivity contribution in [2.75, 3.05) is 5.32 Å². The van der Waals surface area contributed by atoms with Gasteiger partial charge in [-0.15, -0.1) is 0 Å². The molecule has 1 aromatic heterocycles. The molecule has 0 radical (unpaired) electrons. The number of carbonyl (C=O) groups excluding carboxylic acids is 3. The third-order valence-corrected chi connectivity index (χ3v) is 4.11. The predicted molar refractivity (Wildman–Crippen MR) is 104 cm³/mol. The third kappa shape index (κ3) is 7.16. The van der Waals surface area contributed by atoms with Gasteiger partial charge in [0.25, 0.3) is 5.91 Å². The van der Waals surface area contributed by atoms with Crippen molar-refractivity contribution in [1.29, 1.82) is 0 Å². The molecule has 1 aromatic carbocycles. The maximum atomic E-state index is 12.7. The Morgan fingerprint density at radius 3 is 2.46 bits per heavy atom. The van der Waals surface area contributed by atoms with Crippen LogP contribution in [0.25, 0.3) is 0 Å². The minimum Gasteiger partial charge on any atom is -0.340 e. The summed E-state index contributed by atoms with van der Waals surface area (Å²) in [5.74, 6) is -1.12. The molecular formula is C20H24N4O4. The van der Waals surface area contributed by atoms with E-state index in [4.69, 9.17) is 5.21 Å². The van der Waals surface area contributed by atoms with Crippen LogP contribution in [-0.2, 0) is 9.59 Å². The van der Waals surface area contributed by atoms with Crippen LogP contribution in [0.5, 0.6) is 0 Å². The second-order valence-electron chi connectivity index (χ2n) is 6.26. The summed E-state index contributed by atoms with van der Waals surface area (Å²) in [7, 11) is 0. The molecule has 1 atom stereocenters. The topological polar surface area (TPSA) is 120 Å². The van der Waals surface area contributed by atoms with E-state index in [0.29, 0.717) is 36.9 Å². The smallest absolute Gasteiger partial charge is 0.253 e. The summed E-state index contributed by atoms with van der Waals surface area (Å²) in [5.41, 5.74) is 2.61. The Morgan fingerprint density at radius 1 is 1.00 bits per heavy atom. The van der Waals surface area contributed by atoms with Gasteiger partial charge in [0.05, 0.1) is 5.56 Å². The van der Waals surface area contributed by atoms with E-state index in [2.05, 4.69) is 15.6 Å². The summed E-state index contributed by atoms with van der Waals surface area (Å²) in [6, 6.07) is 11.6. The van der Waals surface area contributed by atoms with E-state index >= 15 is 0 Å². The van der Waals surface area contributed by atoms with Gasteiger partial charge in [-0.2, -0.15) is 0 Å². The van der Waals surface area contributed by atoms with Gasteiger partial charge in [0.1, 0.15) is 6.04 Å². The van der Waals surface area contributed by atoms with Crippen LogP contribution in [0.4, 0.5) is 5.69 Å². The highest BCUT2D eigenvalue weighted by molar-refractivity contribution is 6.01. The van der Waals surface area contributed by atoms with Gasteiger partial charge in [0.2, 0.25) is 11.8 Å². The second kappa shape index (κ2) is 11.5. The first-order valence-corrected chi connectivity index (χ1v) is 9.10. The summed E-state index contributed by atoms with van der Waals surface area (Å²) in [5, 5.41) is 14.0. The second-order valence-corrected chi connectivity index (χ2v) is 6.26. The molecule has 3 amide bonds. The lowest BCUT2D eigenvalue weighted by molar-refractivity contribution is -0.129. The molecule has 8 heteroatoms. The summed E-state index contributed by atoms with van der Waals surface area (Å²) >= 11 is 0. The normalized spacial score (nSPS) is 11.3. The molecule has 0 saturated heterocycles. The number of para-hydroxylation sites is 1. The van der Waals surface area contributed by atoms with Crippen LogP contribution in [0.15, 0.2) is 54.9 Å². The highest BCUT2D eigenvalue weighted by Crippen LogP contribution is 2.11. The molecule has 0 aliphatic carbocycles. The summed E-state index contributed by atoms with van der Waals surface area (Å²) < 4.78 is 0. The number of benzene rings is 1. The highest BCUT2D eigenvalue weighted by atomic mass is 16.5. The molecule has 0 aliphatic rings. The van der Waals surface area contributed by atoms with Crippen LogP contribution in [0, 0.1) is 0 Å². The van der Waals surface area contributed by atoms with Crippen molar-refractivity contribution in [3.63, 3.8) is 0 Å². The van der Waals surface area contributed by atoms with Crippen LogP contribution in [0.1, 0.15) is 42.5 Å². The minimum absolute atomic E-state index is 0.208.